The maximum absolute atomic E-state index is 11.5. The van der Waals surface area contributed by atoms with Crippen LogP contribution in [0.4, 0.5) is 0 Å². The van der Waals surface area contributed by atoms with Crippen LogP contribution in [-0.4, -0.2) is 31.7 Å². The van der Waals surface area contributed by atoms with Gasteiger partial charge in [0.15, 0.2) is 6.61 Å². The van der Waals surface area contributed by atoms with E-state index in [1.165, 1.54) is 0 Å². The third-order valence-electron chi connectivity index (χ3n) is 3.17. The highest BCUT2D eigenvalue weighted by Crippen LogP contribution is 2.10. The van der Waals surface area contributed by atoms with E-state index in [1.54, 1.807) is 0 Å². The Morgan fingerprint density at radius 3 is 2.21 bits per heavy atom. The maximum atomic E-state index is 11.5. The van der Waals surface area contributed by atoms with Gasteiger partial charge in [-0.15, -0.1) is 0 Å². The lowest BCUT2D eigenvalue weighted by Gasteiger charge is -2.06. The van der Waals surface area contributed by atoms with Crippen LogP contribution in [0.3, 0.4) is 0 Å². The van der Waals surface area contributed by atoms with Crippen molar-refractivity contribution in [3.8, 4) is 6.07 Å². The lowest BCUT2D eigenvalue weighted by molar-refractivity contribution is -0.144. The fraction of sp³-hybridized carbons (Fsp3) is 0.444. The zero-order valence-electron chi connectivity index (χ0n) is 13.5. The quantitative estimate of drug-likeness (QED) is 0.374. The van der Waals surface area contributed by atoms with E-state index < -0.39 is 0 Å². The normalized spacial score (nSPS) is 9.58. The number of rotatable bonds is 10. The first-order chi connectivity index (χ1) is 11.7. The summed E-state index contributed by atoms with van der Waals surface area (Å²) in [5.74, 6) is -0.635. The number of hydrogen-bond acceptors (Lipinski definition) is 5. The van der Waals surface area contributed by atoms with Gasteiger partial charge in [-0.1, -0.05) is 24.3 Å². The smallest absolute Gasteiger partial charge is 0.306 e. The van der Waals surface area contributed by atoms with E-state index in [1.807, 2.05) is 30.3 Å². The number of esters is 2. The molecule has 0 fully saturated rings. The van der Waals surface area contributed by atoms with Crippen LogP contribution in [0.5, 0.6) is 0 Å². The van der Waals surface area contributed by atoms with Crippen molar-refractivity contribution in [1.82, 2.24) is 0 Å². The maximum Gasteiger partial charge on any atom is 0.306 e. The van der Waals surface area contributed by atoms with Crippen molar-refractivity contribution in [3.05, 3.63) is 46.8 Å². The number of aryl methyl sites for hydroxylation is 2. The van der Waals surface area contributed by atoms with Crippen LogP contribution in [0, 0.1) is 17.9 Å². The fourth-order valence-electron chi connectivity index (χ4n) is 1.99. The van der Waals surface area contributed by atoms with Crippen molar-refractivity contribution in [2.45, 2.75) is 32.1 Å². The fourth-order valence-corrected chi connectivity index (χ4v) is 1.99. The Balaban J connectivity index is 2.35. The second-order valence-corrected chi connectivity index (χ2v) is 5.05. The predicted octanol–water partition coefficient (Wildman–Crippen LogP) is 2.47. The van der Waals surface area contributed by atoms with Gasteiger partial charge < -0.3 is 14.3 Å². The molecular formula is C18H20N2O4. The highest BCUT2D eigenvalue weighted by atomic mass is 16.5. The molecule has 1 rings (SSSR count). The molecule has 1 aromatic rings. The summed E-state index contributed by atoms with van der Waals surface area (Å²) in [7, 11) is 0. The van der Waals surface area contributed by atoms with E-state index in [9.17, 15) is 9.59 Å². The molecular weight excluding hydrogens is 308 g/mol. The molecule has 0 saturated carbocycles. The Bertz CT molecular complexity index is 577. The van der Waals surface area contributed by atoms with Crippen molar-refractivity contribution in [1.29, 1.82) is 5.26 Å². The molecule has 0 heterocycles. The minimum atomic E-state index is -0.320. The van der Waals surface area contributed by atoms with Crippen LogP contribution in [0.25, 0.3) is 4.85 Å². The molecule has 0 aliphatic carbocycles. The summed E-state index contributed by atoms with van der Waals surface area (Å²) >= 11 is 0. The number of hydrogen-bond donors (Lipinski definition) is 0. The molecule has 0 amide bonds. The topological polar surface area (TPSA) is 80.8 Å². The molecule has 24 heavy (non-hydrogen) atoms. The van der Waals surface area contributed by atoms with E-state index >= 15 is 0 Å². The van der Waals surface area contributed by atoms with Crippen LogP contribution in [-0.2, 0) is 31.9 Å². The molecule has 0 aliphatic rings. The summed E-state index contributed by atoms with van der Waals surface area (Å²) in [5.41, 5.74) is 1.98. The second-order valence-electron chi connectivity index (χ2n) is 5.05. The Labute approximate surface area is 141 Å². The highest BCUT2D eigenvalue weighted by molar-refractivity contribution is 5.70. The van der Waals surface area contributed by atoms with Gasteiger partial charge in [-0.25, -0.2) is 6.57 Å². The number of carbonyl (C=O) groups is 2. The van der Waals surface area contributed by atoms with E-state index in [4.69, 9.17) is 21.3 Å². The van der Waals surface area contributed by atoms with Crippen molar-refractivity contribution < 1.29 is 19.1 Å². The lowest BCUT2D eigenvalue weighted by Crippen LogP contribution is -2.08. The summed E-state index contributed by atoms with van der Waals surface area (Å²) in [6.07, 6.45) is 1.82. The molecule has 0 radical (unpaired) electrons. The minimum absolute atomic E-state index is 0.130. The second kappa shape index (κ2) is 11.7. The average molecular weight is 328 g/mol. The molecule has 0 bridgehead atoms. The van der Waals surface area contributed by atoms with Crippen molar-refractivity contribution in [2.75, 3.05) is 19.8 Å². The van der Waals surface area contributed by atoms with E-state index in [2.05, 4.69) is 4.85 Å². The molecule has 1 aromatic carbocycles. The van der Waals surface area contributed by atoms with Crippen LogP contribution >= 0.6 is 0 Å². The number of nitrogens with zero attached hydrogens (tertiary/aromatic N) is 2. The monoisotopic (exact) mass is 328 g/mol. The van der Waals surface area contributed by atoms with Gasteiger partial charge in [-0.05, 0) is 24.0 Å². The molecule has 0 aromatic heterocycles. The van der Waals surface area contributed by atoms with Gasteiger partial charge in [0.1, 0.15) is 6.61 Å². The van der Waals surface area contributed by atoms with Crippen LogP contribution < -0.4 is 0 Å². The van der Waals surface area contributed by atoms with Crippen molar-refractivity contribution in [3.63, 3.8) is 0 Å². The molecule has 6 heteroatoms. The Morgan fingerprint density at radius 2 is 1.67 bits per heavy atom. The van der Waals surface area contributed by atoms with Crippen LogP contribution in [0.15, 0.2) is 24.3 Å². The van der Waals surface area contributed by atoms with Crippen LogP contribution in [0.2, 0.25) is 0 Å². The molecule has 0 saturated heterocycles. The molecule has 0 aliphatic heterocycles. The van der Waals surface area contributed by atoms with Gasteiger partial charge in [0.25, 0.3) is 0 Å². The van der Waals surface area contributed by atoms with Gasteiger partial charge in [0.2, 0.25) is 6.54 Å². The van der Waals surface area contributed by atoms with E-state index in [0.717, 1.165) is 11.1 Å². The standard InChI is InChI=1S/C18H20N2O4/c1-20-11-13-24-18(22)9-7-16-5-2-4-15(14-16)6-8-17(21)23-12-3-10-19/h2,4-5,14H,3,6-9,11-13H2. The predicted molar refractivity (Wildman–Crippen MR) is 86.7 cm³/mol. The number of nitriles is 1. The average Bonchev–Trinajstić information content (AvgIpc) is 2.59. The Hall–Kier alpha value is -2.86. The first-order valence-electron chi connectivity index (χ1n) is 7.75. The Kier molecular flexibility index (Phi) is 9.33. The highest BCUT2D eigenvalue weighted by Gasteiger charge is 2.07. The van der Waals surface area contributed by atoms with E-state index in [0.29, 0.717) is 12.8 Å². The Morgan fingerprint density at radius 1 is 1.08 bits per heavy atom. The summed E-state index contributed by atoms with van der Waals surface area (Å²) in [5, 5.41) is 8.38. The number of benzene rings is 1. The molecule has 0 spiro atoms. The van der Waals surface area contributed by atoms with Gasteiger partial charge >= 0.3 is 11.9 Å². The van der Waals surface area contributed by atoms with Gasteiger partial charge in [0.05, 0.1) is 12.5 Å². The van der Waals surface area contributed by atoms with Crippen molar-refractivity contribution in [2.24, 2.45) is 0 Å². The van der Waals surface area contributed by atoms with Crippen LogP contribution in [0.1, 0.15) is 30.4 Å². The lowest BCUT2D eigenvalue weighted by atomic mass is 10.0. The first kappa shape index (κ1) is 19.2. The first-order valence-corrected chi connectivity index (χ1v) is 7.75. The zero-order valence-corrected chi connectivity index (χ0v) is 13.5. The molecule has 6 nitrogen and oxygen atoms in total. The number of ether oxygens (including phenoxy) is 2. The van der Waals surface area contributed by atoms with Gasteiger partial charge in [-0.2, -0.15) is 5.26 Å². The van der Waals surface area contributed by atoms with Crippen molar-refractivity contribution >= 4 is 11.9 Å². The third-order valence-corrected chi connectivity index (χ3v) is 3.17. The molecule has 0 unspecified atom stereocenters. The summed E-state index contributed by atoms with van der Waals surface area (Å²) < 4.78 is 9.84. The summed E-state index contributed by atoms with van der Waals surface area (Å²) in [6, 6.07) is 9.59. The third kappa shape index (κ3) is 8.55. The van der Waals surface area contributed by atoms with Gasteiger partial charge in [-0.3, -0.25) is 9.59 Å². The van der Waals surface area contributed by atoms with Gasteiger partial charge in [0, 0.05) is 12.8 Å². The molecule has 0 N–H and O–H groups in total. The summed E-state index contributed by atoms with van der Waals surface area (Å²) in [4.78, 5) is 26.1. The largest absolute Gasteiger partial charge is 0.465 e. The SMILES string of the molecule is [C-]#[N+]CCOC(=O)CCc1cccc(CCC(=O)OCCC#N)c1. The summed E-state index contributed by atoms with van der Waals surface area (Å²) in [6.45, 7) is 7.06. The number of carbonyl (C=O) groups excluding carboxylic acids is 2. The molecule has 0 atom stereocenters. The zero-order chi connectivity index (χ0) is 17.6. The minimum Gasteiger partial charge on any atom is -0.465 e. The van der Waals surface area contributed by atoms with E-state index in [-0.39, 0.29) is 51.0 Å². The molecule has 126 valence electrons.